The normalized spacial score (nSPS) is 14.0. The molecule has 4 nitrogen and oxygen atoms in total. The van der Waals surface area contributed by atoms with Crippen molar-refractivity contribution in [3.05, 3.63) is 29.1 Å². The third-order valence-electron chi connectivity index (χ3n) is 2.14. The van der Waals surface area contributed by atoms with E-state index in [-0.39, 0.29) is 24.6 Å². The fourth-order valence-electron chi connectivity index (χ4n) is 1.45. The summed E-state index contributed by atoms with van der Waals surface area (Å²) in [6, 6.07) is 3.31. The molecule has 0 atom stereocenters. The van der Waals surface area contributed by atoms with Crippen LogP contribution in [0.25, 0.3) is 0 Å². The second-order valence-corrected chi connectivity index (χ2v) is 3.02. The minimum absolute atomic E-state index is 0. The summed E-state index contributed by atoms with van der Waals surface area (Å²) in [5.41, 5.74) is 1.97. The van der Waals surface area contributed by atoms with Crippen LogP contribution in [0, 0.1) is 0 Å². The second-order valence-electron chi connectivity index (χ2n) is 3.02. The van der Waals surface area contributed by atoms with Crippen molar-refractivity contribution >= 4 is 5.97 Å². The zero-order valence-corrected chi connectivity index (χ0v) is 8.04. The Balaban J connectivity index is 0.000000980. The third-order valence-corrected chi connectivity index (χ3v) is 2.14. The number of carbonyl (C=O) groups excluding carboxylic acids is 1. The number of pyridine rings is 1. The molecule has 0 aromatic carbocycles. The number of hydrogen-bond donors (Lipinski definition) is 1. The molecule has 0 bridgehead atoms. The average molecular weight is 184 g/mol. The van der Waals surface area contributed by atoms with Crippen molar-refractivity contribution in [3.63, 3.8) is 0 Å². The van der Waals surface area contributed by atoms with Gasteiger partial charge in [0.05, 0.1) is 17.4 Å². The Bertz CT molecular complexity index is 355. The van der Waals surface area contributed by atoms with Crippen molar-refractivity contribution < 1.29 is 28.8 Å². The molecule has 2 heterocycles. The molecule has 0 amide bonds. The molecule has 0 spiro atoms. The van der Waals surface area contributed by atoms with Crippen LogP contribution in [0.1, 0.15) is 21.7 Å². The van der Waals surface area contributed by atoms with Crippen LogP contribution in [-0.4, -0.2) is 17.5 Å². The van der Waals surface area contributed by atoms with Crippen LogP contribution in [0.2, 0.25) is 0 Å². The first-order chi connectivity index (χ1) is 6.27. The van der Waals surface area contributed by atoms with Crippen molar-refractivity contribution in [1.82, 2.24) is 10.3 Å². The van der Waals surface area contributed by atoms with Gasteiger partial charge in [-0.1, -0.05) is 6.07 Å². The van der Waals surface area contributed by atoms with Gasteiger partial charge in [0.1, 0.15) is 0 Å². The minimum atomic E-state index is -1.21. The summed E-state index contributed by atoms with van der Waals surface area (Å²) in [5, 5.41) is 13.6. The fraction of sp³-hybridized carbons (Fsp3) is 0.333. The van der Waals surface area contributed by atoms with Gasteiger partial charge in [-0.25, -0.2) is 4.98 Å². The van der Waals surface area contributed by atoms with Crippen LogP contribution in [0.15, 0.2) is 12.1 Å². The van der Waals surface area contributed by atoms with Crippen molar-refractivity contribution in [3.8, 4) is 0 Å². The van der Waals surface area contributed by atoms with Crippen LogP contribution >= 0.6 is 0 Å². The predicted molar refractivity (Wildman–Crippen MR) is 44.0 cm³/mol. The van der Waals surface area contributed by atoms with Crippen LogP contribution in [0.4, 0.5) is 0 Å². The molecular weight excluding hydrogens is 175 g/mol. The standard InChI is InChI=1S/C9H10N2O2.Li/c12-9(13)7-2-1-6-3-4-10-5-8(6)11-7;/h1-2,10H,3-5H2,(H,12,13);/q;+1/p-1. The molecule has 0 radical (unpaired) electrons. The molecule has 1 aromatic rings. The first kappa shape index (κ1) is 11.3. The molecule has 0 fully saturated rings. The van der Waals surface area contributed by atoms with Crippen molar-refractivity contribution in [2.75, 3.05) is 6.54 Å². The Labute approximate surface area is 93.9 Å². The van der Waals surface area contributed by atoms with E-state index in [1.165, 1.54) is 6.07 Å². The van der Waals surface area contributed by atoms with E-state index in [1.807, 2.05) is 6.07 Å². The summed E-state index contributed by atoms with van der Waals surface area (Å²) in [5.74, 6) is -1.21. The van der Waals surface area contributed by atoms with Gasteiger partial charge in [0.15, 0.2) is 0 Å². The molecule has 0 aliphatic carbocycles. The van der Waals surface area contributed by atoms with Crippen LogP contribution in [-0.2, 0) is 13.0 Å². The van der Waals surface area contributed by atoms with Gasteiger partial charge in [-0.05, 0) is 24.6 Å². The van der Waals surface area contributed by atoms with E-state index in [4.69, 9.17) is 0 Å². The topological polar surface area (TPSA) is 65.0 Å². The van der Waals surface area contributed by atoms with Gasteiger partial charge in [-0.3, -0.25) is 0 Å². The van der Waals surface area contributed by atoms with E-state index in [9.17, 15) is 9.90 Å². The van der Waals surface area contributed by atoms with Crippen LogP contribution in [0.3, 0.4) is 0 Å². The Morgan fingerprint density at radius 3 is 3.00 bits per heavy atom. The van der Waals surface area contributed by atoms with Crippen LogP contribution < -0.4 is 29.3 Å². The number of hydrogen-bond acceptors (Lipinski definition) is 4. The number of fused-ring (bicyclic) bond motifs is 1. The summed E-state index contributed by atoms with van der Waals surface area (Å²) in [6.45, 7) is 1.58. The summed E-state index contributed by atoms with van der Waals surface area (Å²) in [4.78, 5) is 14.5. The fourth-order valence-corrected chi connectivity index (χ4v) is 1.45. The smallest absolute Gasteiger partial charge is 0.543 e. The van der Waals surface area contributed by atoms with Gasteiger partial charge in [-0.2, -0.15) is 0 Å². The van der Waals surface area contributed by atoms with Gasteiger partial charge in [0, 0.05) is 6.54 Å². The molecular formula is C9H9LiN2O2. The molecule has 14 heavy (non-hydrogen) atoms. The Morgan fingerprint density at radius 1 is 1.50 bits per heavy atom. The summed E-state index contributed by atoms with van der Waals surface area (Å²) < 4.78 is 0. The largest absolute Gasteiger partial charge is 1.00 e. The summed E-state index contributed by atoms with van der Waals surface area (Å²) >= 11 is 0. The molecule has 1 aliphatic rings. The molecule has 2 rings (SSSR count). The molecule has 0 saturated heterocycles. The number of carboxylic acids is 1. The average Bonchev–Trinajstić information content (AvgIpc) is 2.17. The Hall–Kier alpha value is -0.823. The first-order valence-electron chi connectivity index (χ1n) is 4.18. The van der Waals surface area contributed by atoms with Crippen LogP contribution in [0.5, 0.6) is 0 Å². The zero-order valence-electron chi connectivity index (χ0n) is 8.04. The van der Waals surface area contributed by atoms with E-state index in [2.05, 4.69) is 10.3 Å². The maximum atomic E-state index is 10.5. The number of aromatic carboxylic acids is 1. The van der Waals surface area contributed by atoms with E-state index in [1.54, 1.807) is 0 Å². The van der Waals surface area contributed by atoms with E-state index < -0.39 is 5.97 Å². The monoisotopic (exact) mass is 184 g/mol. The number of aromatic nitrogens is 1. The molecule has 1 aromatic heterocycles. The van der Waals surface area contributed by atoms with Crippen molar-refractivity contribution in [1.29, 1.82) is 0 Å². The molecule has 1 N–H and O–H groups in total. The van der Waals surface area contributed by atoms with Gasteiger partial charge in [-0.15, -0.1) is 0 Å². The third kappa shape index (κ3) is 2.16. The van der Waals surface area contributed by atoms with E-state index in [0.29, 0.717) is 6.54 Å². The Kier molecular flexibility index (Phi) is 3.70. The quantitative estimate of drug-likeness (QED) is 0.453. The number of rotatable bonds is 1. The maximum Gasteiger partial charge on any atom is 1.00 e. The maximum absolute atomic E-state index is 10.5. The van der Waals surface area contributed by atoms with E-state index in [0.717, 1.165) is 24.2 Å². The number of carbonyl (C=O) groups is 1. The minimum Gasteiger partial charge on any atom is -0.543 e. The van der Waals surface area contributed by atoms with Gasteiger partial charge in [0.25, 0.3) is 0 Å². The zero-order chi connectivity index (χ0) is 9.26. The SMILES string of the molecule is O=C([O-])c1ccc2c(n1)CNCC2.[Li+]. The number of nitrogens with one attached hydrogen (secondary N) is 1. The first-order valence-corrected chi connectivity index (χ1v) is 4.18. The molecule has 0 saturated carbocycles. The summed E-state index contributed by atoms with van der Waals surface area (Å²) in [6.07, 6.45) is 0.912. The summed E-state index contributed by atoms with van der Waals surface area (Å²) in [7, 11) is 0. The van der Waals surface area contributed by atoms with E-state index >= 15 is 0 Å². The van der Waals surface area contributed by atoms with Crippen molar-refractivity contribution in [2.24, 2.45) is 0 Å². The Morgan fingerprint density at radius 2 is 2.29 bits per heavy atom. The number of nitrogens with zero attached hydrogens (tertiary/aromatic N) is 1. The van der Waals surface area contributed by atoms with Gasteiger partial charge < -0.3 is 15.2 Å². The van der Waals surface area contributed by atoms with Crippen molar-refractivity contribution in [2.45, 2.75) is 13.0 Å². The van der Waals surface area contributed by atoms with Gasteiger partial charge in [0.2, 0.25) is 0 Å². The number of carboxylic acid groups (broad SMARTS) is 1. The second kappa shape index (κ2) is 4.60. The molecule has 1 aliphatic heterocycles. The molecule has 5 heteroatoms. The molecule has 0 unspecified atom stereocenters. The predicted octanol–water partition coefficient (Wildman–Crippen LogP) is -3.91. The van der Waals surface area contributed by atoms with Gasteiger partial charge >= 0.3 is 18.9 Å². The molecule has 68 valence electrons.